The Labute approximate surface area is 110 Å². The lowest BCUT2D eigenvalue weighted by Crippen LogP contribution is -2.08. The van der Waals surface area contributed by atoms with Gasteiger partial charge in [0.15, 0.2) is 0 Å². The van der Waals surface area contributed by atoms with Crippen molar-refractivity contribution < 1.29 is 9.53 Å². The number of benzene rings is 1. The minimum Gasteiger partial charge on any atom is -0.461 e. The second-order valence-electron chi connectivity index (χ2n) is 4.75. The molecule has 0 spiro atoms. The first-order valence-corrected chi connectivity index (χ1v) is 6.95. The fraction of sp³-hybridized carbons (Fsp3) is 0.562. The van der Waals surface area contributed by atoms with Crippen LogP contribution in [0.25, 0.3) is 0 Å². The van der Waals surface area contributed by atoms with Crippen molar-refractivity contribution in [2.24, 2.45) is 5.92 Å². The van der Waals surface area contributed by atoms with Crippen LogP contribution in [-0.2, 0) is 16.1 Å². The third-order valence-corrected chi connectivity index (χ3v) is 3.27. The Morgan fingerprint density at radius 3 is 2.50 bits per heavy atom. The van der Waals surface area contributed by atoms with Crippen LogP contribution >= 0.6 is 0 Å². The molecular formula is C16H24O2. The average molecular weight is 248 g/mol. The topological polar surface area (TPSA) is 26.3 Å². The summed E-state index contributed by atoms with van der Waals surface area (Å²) in [5.41, 5.74) is 1.05. The molecule has 2 nitrogen and oxygen atoms in total. The molecule has 2 heteroatoms. The van der Waals surface area contributed by atoms with E-state index in [1.807, 2.05) is 30.3 Å². The third kappa shape index (κ3) is 5.85. The van der Waals surface area contributed by atoms with Gasteiger partial charge < -0.3 is 4.74 Å². The largest absolute Gasteiger partial charge is 0.461 e. The molecule has 0 radical (unpaired) electrons. The van der Waals surface area contributed by atoms with Crippen LogP contribution in [0.5, 0.6) is 0 Å². The molecule has 1 atom stereocenters. The first-order valence-electron chi connectivity index (χ1n) is 6.95. The van der Waals surface area contributed by atoms with E-state index in [1.54, 1.807) is 0 Å². The van der Waals surface area contributed by atoms with E-state index < -0.39 is 0 Å². The number of esters is 1. The van der Waals surface area contributed by atoms with Crippen LogP contribution in [-0.4, -0.2) is 5.97 Å². The Balaban J connectivity index is 2.21. The van der Waals surface area contributed by atoms with Gasteiger partial charge in [0, 0.05) is 6.42 Å². The lowest BCUT2D eigenvalue weighted by Gasteiger charge is -2.12. The second-order valence-corrected chi connectivity index (χ2v) is 4.75. The van der Waals surface area contributed by atoms with Crippen molar-refractivity contribution in [3.63, 3.8) is 0 Å². The van der Waals surface area contributed by atoms with Gasteiger partial charge in [-0.15, -0.1) is 0 Å². The van der Waals surface area contributed by atoms with Gasteiger partial charge in [0.05, 0.1) is 0 Å². The van der Waals surface area contributed by atoms with Crippen LogP contribution in [0.3, 0.4) is 0 Å². The van der Waals surface area contributed by atoms with E-state index in [-0.39, 0.29) is 5.97 Å². The molecule has 0 fully saturated rings. The zero-order chi connectivity index (χ0) is 13.2. The molecule has 18 heavy (non-hydrogen) atoms. The van der Waals surface area contributed by atoms with Gasteiger partial charge in [-0.25, -0.2) is 0 Å². The summed E-state index contributed by atoms with van der Waals surface area (Å²) in [7, 11) is 0. The highest BCUT2D eigenvalue weighted by Gasteiger charge is 2.09. The van der Waals surface area contributed by atoms with Gasteiger partial charge in [-0.1, -0.05) is 63.4 Å². The summed E-state index contributed by atoms with van der Waals surface area (Å²) in [4.78, 5) is 11.6. The minimum absolute atomic E-state index is 0.0755. The highest BCUT2D eigenvalue weighted by Crippen LogP contribution is 2.17. The quantitative estimate of drug-likeness (QED) is 0.640. The Hall–Kier alpha value is -1.31. The lowest BCUT2D eigenvalue weighted by molar-refractivity contribution is -0.145. The maximum Gasteiger partial charge on any atom is 0.306 e. The molecule has 0 heterocycles. The molecule has 0 saturated heterocycles. The summed E-state index contributed by atoms with van der Waals surface area (Å²) in [6.45, 7) is 4.77. The van der Waals surface area contributed by atoms with Crippen LogP contribution in [0.4, 0.5) is 0 Å². The van der Waals surface area contributed by atoms with E-state index in [0.717, 1.165) is 18.4 Å². The van der Waals surface area contributed by atoms with Gasteiger partial charge in [-0.2, -0.15) is 0 Å². The monoisotopic (exact) mass is 248 g/mol. The molecule has 0 N–H and O–H groups in total. The Bertz CT molecular complexity index is 332. The zero-order valence-electron chi connectivity index (χ0n) is 11.5. The molecule has 0 aliphatic rings. The molecule has 0 bridgehead atoms. The van der Waals surface area contributed by atoms with Crippen LogP contribution in [0.15, 0.2) is 30.3 Å². The van der Waals surface area contributed by atoms with Crippen molar-refractivity contribution in [1.82, 2.24) is 0 Å². The van der Waals surface area contributed by atoms with Crippen LogP contribution < -0.4 is 0 Å². The summed E-state index contributed by atoms with van der Waals surface area (Å²) in [6.07, 6.45) is 5.06. The highest BCUT2D eigenvalue weighted by atomic mass is 16.5. The van der Waals surface area contributed by atoms with Crippen LogP contribution in [0, 0.1) is 5.92 Å². The number of carbonyl (C=O) groups is 1. The molecule has 1 rings (SSSR count). The fourth-order valence-corrected chi connectivity index (χ4v) is 2.09. The highest BCUT2D eigenvalue weighted by molar-refractivity contribution is 5.69. The summed E-state index contributed by atoms with van der Waals surface area (Å²) in [6, 6.07) is 9.81. The van der Waals surface area contributed by atoms with Crippen molar-refractivity contribution in [2.45, 2.75) is 52.6 Å². The third-order valence-electron chi connectivity index (χ3n) is 3.27. The first-order chi connectivity index (χ1) is 8.76. The van der Waals surface area contributed by atoms with E-state index >= 15 is 0 Å². The number of carbonyl (C=O) groups excluding carboxylic acids is 1. The van der Waals surface area contributed by atoms with Gasteiger partial charge in [0.2, 0.25) is 0 Å². The average Bonchev–Trinajstić information content (AvgIpc) is 2.42. The van der Waals surface area contributed by atoms with E-state index in [9.17, 15) is 4.79 Å². The zero-order valence-corrected chi connectivity index (χ0v) is 11.5. The van der Waals surface area contributed by atoms with E-state index in [2.05, 4.69) is 13.8 Å². The number of hydrogen-bond acceptors (Lipinski definition) is 2. The smallest absolute Gasteiger partial charge is 0.306 e. The van der Waals surface area contributed by atoms with Gasteiger partial charge in [-0.3, -0.25) is 4.79 Å². The maximum absolute atomic E-state index is 11.6. The summed E-state index contributed by atoms with van der Waals surface area (Å²) < 4.78 is 5.26. The predicted octanol–water partition coefficient (Wildman–Crippen LogP) is 4.34. The van der Waals surface area contributed by atoms with Crippen LogP contribution in [0.2, 0.25) is 0 Å². The molecule has 0 saturated carbocycles. The van der Waals surface area contributed by atoms with Crippen molar-refractivity contribution >= 4 is 5.97 Å². The summed E-state index contributed by atoms with van der Waals surface area (Å²) in [5, 5.41) is 0. The molecule has 0 aliphatic heterocycles. The van der Waals surface area contributed by atoms with E-state index in [0.29, 0.717) is 18.9 Å². The first kappa shape index (κ1) is 14.7. The predicted molar refractivity (Wildman–Crippen MR) is 74.2 cm³/mol. The van der Waals surface area contributed by atoms with Gasteiger partial charge in [0.25, 0.3) is 0 Å². The van der Waals surface area contributed by atoms with Gasteiger partial charge >= 0.3 is 5.97 Å². The minimum atomic E-state index is -0.0755. The SMILES string of the molecule is CCCC(CC)CCC(=O)OCc1ccccc1. The molecule has 0 amide bonds. The van der Waals surface area contributed by atoms with Crippen molar-refractivity contribution in [2.75, 3.05) is 0 Å². The molecule has 1 unspecified atom stereocenters. The Morgan fingerprint density at radius 2 is 1.89 bits per heavy atom. The molecule has 0 aromatic heterocycles. The number of rotatable bonds is 8. The van der Waals surface area contributed by atoms with Gasteiger partial charge in [-0.05, 0) is 17.9 Å². The van der Waals surface area contributed by atoms with Gasteiger partial charge in [0.1, 0.15) is 6.61 Å². The molecule has 0 aliphatic carbocycles. The Morgan fingerprint density at radius 1 is 1.17 bits per heavy atom. The number of hydrogen-bond donors (Lipinski definition) is 0. The summed E-state index contributed by atoms with van der Waals surface area (Å²) in [5.74, 6) is 0.590. The lowest BCUT2D eigenvalue weighted by atomic mass is 9.95. The number of ether oxygens (including phenoxy) is 1. The van der Waals surface area contributed by atoms with Crippen LogP contribution in [0.1, 0.15) is 51.5 Å². The fourth-order valence-electron chi connectivity index (χ4n) is 2.09. The van der Waals surface area contributed by atoms with Crippen molar-refractivity contribution in [3.8, 4) is 0 Å². The molecular weight excluding hydrogens is 224 g/mol. The van der Waals surface area contributed by atoms with Crippen molar-refractivity contribution in [1.29, 1.82) is 0 Å². The Kier molecular flexibility index (Phi) is 7.16. The molecule has 1 aromatic rings. The second kappa shape index (κ2) is 8.73. The molecule has 1 aromatic carbocycles. The standard InChI is InChI=1S/C16H24O2/c1-3-8-14(4-2)11-12-16(17)18-13-15-9-6-5-7-10-15/h5-7,9-10,14H,3-4,8,11-13H2,1-2H3. The van der Waals surface area contributed by atoms with Crippen molar-refractivity contribution in [3.05, 3.63) is 35.9 Å². The van der Waals surface area contributed by atoms with E-state index in [4.69, 9.17) is 4.74 Å². The normalized spacial score (nSPS) is 12.1. The maximum atomic E-state index is 11.6. The van der Waals surface area contributed by atoms with E-state index in [1.165, 1.54) is 12.8 Å². The molecule has 100 valence electrons. The summed E-state index contributed by atoms with van der Waals surface area (Å²) >= 11 is 0.